The number of benzene rings is 1. The molecule has 2 aromatic rings. The van der Waals surface area contributed by atoms with Crippen molar-refractivity contribution in [2.45, 2.75) is 63.5 Å². The van der Waals surface area contributed by atoms with Crippen molar-refractivity contribution >= 4 is 23.2 Å². The van der Waals surface area contributed by atoms with Crippen molar-refractivity contribution in [1.82, 2.24) is 4.90 Å². The molecule has 0 saturated carbocycles. The first kappa shape index (κ1) is 26.0. The second-order valence-electron chi connectivity index (χ2n) is 8.88. The first-order valence-corrected chi connectivity index (χ1v) is 12.4. The molecule has 0 unspecified atom stereocenters. The van der Waals surface area contributed by atoms with E-state index in [-0.39, 0.29) is 17.3 Å². The van der Waals surface area contributed by atoms with Gasteiger partial charge in [0.2, 0.25) is 0 Å². The van der Waals surface area contributed by atoms with Gasteiger partial charge in [-0.1, -0.05) is 49.4 Å². The molecule has 0 aliphatic carbocycles. The molecule has 3 rings (SSSR count). The highest BCUT2D eigenvalue weighted by Crippen LogP contribution is 2.34. The number of carboxylic acids is 1. The van der Waals surface area contributed by atoms with Crippen LogP contribution in [0.4, 0.5) is 8.78 Å². The number of aliphatic hydroxyl groups excluding tert-OH is 1. The Morgan fingerprint density at radius 1 is 1.21 bits per heavy atom. The van der Waals surface area contributed by atoms with E-state index >= 15 is 0 Å². The molecule has 1 saturated heterocycles. The topological polar surface area (TPSA) is 77.8 Å². The van der Waals surface area contributed by atoms with E-state index in [1.807, 2.05) is 25.1 Å². The van der Waals surface area contributed by atoms with Gasteiger partial charge in [-0.2, -0.15) is 8.78 Å². The molecule has 1 amide bonds. The van der Waals surface area contributed by atoms with E-state index in [0.29, 0.717) is 12.8 Å². The van der Waals surface area contributed by atoms with Crippen LogP contribution in [0.5, 0.6) is 0 Å². The monoisotopic (exact) mass is 491 g/mol. The van der Waals surface area contributed by atoms with Crippen LogP contribution in [-0.2, 0) is 17.6 Å². The number of nitrogens with zero attached hydrogens (tertiary/aromatic N) is 1. The summed E-state index contributed by atoms with van der Waals surface area (Å²) in [6, 6.07) is 12.5. The number of hydrogen-bond donors (Lipinski definition) is 2. The third kappa shape index (κ3) is 6.96. The number of carbonyl (C=O) groups excluding carboxylic acids is 1. The summed E-state index contributed by atoms with van der Waals surface area (Å²) < 4.78 is 28.3. The van der Waals surface area contributed by atoms with Crippen LogP contribution in [0, 0.1) is 5.92 Å². The molecule has 5 nitrogen and oxygen atoms in total. The minimum absolute atomic E-state index is 0.0340. The third-order valence-electron chi connectivity index (χ3n) is 6.22. The number of hydrogen-bond acceptors (Lipinski definition) is 4. The Hall–Kier alpha value is -2.58. The van der Waals surface area contributed by atoms with E-state index in [2.05, 4.69) is 12.1 Å². The molecule has 184 valence electrons. The number of alkyl halides is 2. The minimum atomic E-state index is -3.42. The highest BCUT2D eigenvalue weighted by Gasteiger charge is 2.52. The smallest absolute Gasteiger partial charge is 0.345 e. The fourth-order valence-corrected chi connectivity index (χ4v) is 5.07. The summed E-state index contributed by atoms with van der Waals surface area (Å²) in [7, 11) is 0. The summed E-state index contributed by atoms with van der Waals surface area (Å²) in [5.41, 5.74) is 1.24. The van der Waals surface area contributed by atoms with Crippen LogP contribution < -0.4 is 0 Å². The van der Waals surface area contributed by atoms with Gasteiger partial charge in [0.1, 0.15) is 4.88 Å². The Balaban J connectivity index is 1.51. The molecule has 1 fully saturated rings. The van der Waals surface area contributed by atoms with Crippen LogP contribution in [0.1, 0.15) is 52.7 Å². The van der Waals surface area contributed by atoms with Crippen LogP contribution in [0.3, 0.4) is 0 Å². The summed E-state index contributed by atoms with van der Waals surface area (Å²) in [5, 5.41) is 19.5. The number of carbonyl (C=O) groups is 2. The van der Waals surface area contributed by atoms with Crippen LogP contribution in [0.2, 0.25) is 0 Å². The minimum Gasteiger partial charge on any atom is -0.477 e. The average molecular weight is 492 g/mol. The van der Waals surface area contributed by atoms with Crippen molar-refractivity contribution in [1.29, 1.82) is 0 Å². The van der Waals surface area contributed by atoms with Crippen LogP contribution in [-0.4, -0.2) is 51.6 Å². The van der Waals surface area contributed by atoms with Gasteiger partial charge in [-0.15, -0.1) is 11.3 Å². The maximum atomic E-state index is 14.1. The Bertz CT molecular complexity index is 992. The predicted octanol–water partition coefficient (Wildman–Crippen LogP) is 5.19. The standard InChI is InChI=1S/C26H31F2NO4S/c1-18(7-5-10-19-8-3-2-4-9-19)22(30)14-12-20-17-26(27,28)25(33)29(20)16-6-11-21-13-15-23(34-21)24(31)32/h2-4,8-9,12-15,18,20,22,30H,5-7,10-11,16-17H2,1H3,(H,31,32)/t18-,20-,22+/m0/s1. The van der Waals surface area contributed by atoms with Crippen molar-refractivity contribution in [3.8, 4) is 0 Å². The number of halogens is 2. The molecule has 8 heteroatoms. The zero-order valence-electron chi connectivity index (χ0n) is 19.2. The first-order valence-electron chi connectivity index (χ1n) is 11.6. The second-order valence-corrected chi connectivity index (χ2v) is 10.0. The van der Waals surface area contributed by atoms with E-state index in [1.165, 1.54) is 28.7 Å². The average Bonchev–Trinajstić information content (AvgIpc) is 3.36. The fourth-order valence-electron chi connectivity index (χ4n) is 4.19. The Labute approximate surface area is 202 Å². The summed E-state index contributed by atoms with van der Waals surface area (Å²) in [6.45, 7) is 2.07. The summed E-state index contributed by atoms with van der Waals surface area (Å²) in [5.74, 6) is -5.64. The first-order chi connectivity index (χ1) is 16.2. The maximum Gasteiger partial charge on any atom is 0.345 e. The van der Waals surface area contributed by atoms with Crippen molar-refractivity contribution in [3.63, 3.8) is 0 Å². The maximum absolute atomic E-state index is 14.1. The lowest BCUT2D eigenvalue weighted by molar-refractivity contribution is -0.148. The molecule has 2 N–H and O–H groups in total. The lowest BCUT2D eigenvalue weighted by atomic mass is 9.95. The van der Waals surface area contributed by atoms with Crippen molar-refractivity contribution in [2.24, 2.45) is 5.92 Å². The highest BCUT2D eigenvalue weighted by atomic mass is 32.1. The molecule has 0 spiro atoms. The van der Waals surface area contributed by atoms with Gasteiger partial charge in [0.05, 0.1) is 12.1 Å². The molecule has 3 atom stereocenters. The molecule has 0 bridgehead atoms. The summed E-state index contributed by atoms with van der Waals surface area (Å²) in [6.07, 6.45) is 5.27. The number of aliphatic hydroxyl groups is 1. The van der Waals surface area contributed by atoms with Gasteiger partial charge in [-0.05, 0) is 55.7 Å². The fraction of sp³-hybridized carbons (Fsp3) is 0.462. The van der Waals surface area contributed by atoms with Crippen LogP contribution in [0.25, 0.3) is 0 Å². The van der Waals surface area contributed by atoms with Crippen LogP contribution in [0.15, 0.2) is 54.6 Å². The number of carboxylic acid groups (broad SMARTS) is 1. The molecule has 1 aromatic heterocycles. The predicted molar refractivity (Wildman–Crippen MR) is 128 cm³/mol. The number of aromatic carboxylic acids is 1. The van der Waals surface area contributed by atoms with Gasteiger partial charge in [0, 0.05) is 17.8 Å². The van der Waals surface area contributed by atoms with E-state index in [4.69, 9.17) is 5.11 Å². The second kappa shape index (κ2) is 11.7. The van der Waals surface area contributed by atoms with Gasteiger partial charge in [0.25, 0.3) is 5.91 Å². The van der Waals surface area contributed by atoms with Gasteiger partial charge in [-0.25, -0.2) is 4.79 Å². The molecule has 1 aliphatic heterocycles. The number of amides is 1. The third-order valence-corrected chi connectivity index (χ3v) is 7.35. The summed E-state index contributed by atoms with van der Waals surface area (Å²) in [4.78, 5) is 25.5. The quantitative estimate of drug-likeness (QED) is 0.401. The van der Waals surface area contributed by atoms with Gasteiger partial charge >= 0.3 is 11.9 Å². The Morgan fingerprint density at radius 2 is 1.94 bits per heavy atom. The van der Waals surface area contributed by atoms with Crippen molar-refractivity contribution in [2.75, 3.05) is 6.54 Å². The van der Waals surface area contributed by atoms with Gasteiger partial charge in [-0.3, -0.25) is 4.79 Å². The molecule has 1 aromatic carbocycles. The van der Waals surface area contributed by atoms with Crippen molar-refractivity contribution in [3.05, 3.63) is 69.9 Å². The van der Waals surface area contributed by atoms with E-state index in [1.54, 1.807) is 6.07 Å². The number of likely N-dealkylation sites (tertiary alicyclic amines) is 1. The number of aryl methyl sites for hydroxylation is 2. The van der Waals surface area contributed by atoms with E-state index in [0.717, 1.165) is 35.5 Å². The molecule has 2 heterocycles. The lowest BCUT2D eigenvalue weighted by Crippen LogP contribution is -2.36. The van der Waals surface area contributed by atoms with Crippen molar-refractivity contribution < 1.29 is 28.6 Å². The Morgan fingerprint density at radius 3 is 2.62 bits per heavy atom. The van der Waals surface area contributed by atoms with Gasteiger partial charge < -0.3 is 15.1 Å². The number of thiophene rings is 1. The lowest BCUT2D eigenvalue weighted by Gasteiger charge is -2.22. The highest BCUT2D eigenvalue weighted by molar-refractivity contribution is 7.13. The molecule has 34 heavy (non-hydrogen) atoms. The molecule has 1 aliphatic rings. The largest absolute Gasteiger partial charge is 0.477 e. The Kier molecular flexibility index (Phi) is 8.97. The SMILES string of the molecule is C[C@@H](CCCc1ccccc1)[C@H](O)C=C[C@H]1CC(F)(F)C(=O)N1CCCc1ccc(C(=O)O)s1. The molecular formula is C26H31F2NO4S. The zero-order valence-corrected chi connectivity index (χ0v) is 20.0. The number of rotatable bonds is 12. The van der Waals surface area contributed by atoms with Crippen LogP contribution >= 0.6 is 11.3 Å². The van der Waals surface area contributed by atoms with E-state index < -0.39 is 36.4 Å². The zero-order chi connectivity index (χ0) is 24.7. The summed E-state index contributed by atoms with van der Waals surface area (Å²) >= 11 is 1.15. The molecular weight excluding hydrogens is 460 g/mol. The molecule has 0 radical (unpaired) electrons. The normalized spacial score (nSPS) is 19.6. The van der Waals surface area contributed by atoms with E-state index in [9.17, 15) is 23.5 Å². The van der Waals surface area contributed by atoms with Gasteiger partial charge in [0.15, 0.2) is 0 Å².